The molecule has 0 N–H and O–H groups in total. The summed E-state index contributed by atoms with van der Waals surface area (Å²) < 4.78 is 34.8. The van der Waals surface area contributed by atoms with Crippen LogP contribution in [0.5, 0.6) is 0 Å². The van der Waals surface area contributed by atoms with Gasteiger partial charge in [0.1, 0.15) is 17.2 Å². The molecule has 1 fully saturated rings. The van der Waals surface area contributed by atoms with Crippen molar-refractivity contribution in [1.29, 1.82) is 0 Å². The predicted octanol–water partition coefficient (Wildman–Crippen LogP) is 3.62. The van der Waals surface area contributed by atoms with Gasteiger partial charge in [-0.2, -0.15) is 0 Å². The fraction of sp³-hybridized carbons (Fsp3) is 0.500. The Labute approximate surface area is 120 Å². The van der Waals surface area contributed by atoms with Crippen LogP contribution in [-0.2, 0) is 17.2 Å². The van der Waals surface area contributed by atoms with Crippen molar-refractivity contribution in [2.45, 2.75) is 37.8 Å². The van der Waals surface area contributed by atoms with Gasteiger partial charge in [0.2, 0.25) is 0 Å². The summed E-state index contributed by atoms with van der Waals surface area (Å²) in [5.41, 5.74) is 0.246. The quantitative estimate of drug-likeness (QED) is 0.810. The Bertz CT molecular complexity index is 650. The van der Waals surface area contributed by atoms with Crippen LogP contribution < -0.4 is 0 Å². The molecule has 108 valence electrons. The van der Waals surface area contributed by atoms with Crippen molar-refractivity contribution in [1.82, 2.24) is 9.55 Å². The second-order valence-electron chi connectivity index (χ2n) is 5.41. The van der Waals surface area contributed by atoms with E-state index in [4.69, 9.17) is 16.3 Å². The molecule has 1 aliphatic rings. The summed E-state index contributed by atoms with van der Waals surface area (Å²) in [7, 11) is 0. The second kappa shape index (κ2) is 4.97. The average Bonchev–Trinajstić information content (AvgIpc) is 2.95. The molecule has 0 saturated carbocycles. The fourth-order valence-corrected chi connectivity index (χ4v) is 2.98. The third-order valence-electron chi connectivity index (χ3n) is 3.76. The molecule has 0 aliphatic carbocycles. The van der Waals surface area contributed by atoms with Gasteiger partial charge in [0.25, 0.3) is 0 Å². The minimum Gasteiger partial charge on any atom is -0.373 e. The molecule has 3 rings (SSSR count). The van der Waals surface area contributed by atoms with Crippen LogP contribution in [-0.4, -0.2) is 21.8 Å². The zero-order chi connectivity index (χ0) is 14.3. The van der Waals surface area contributed by atoms with E-state index in [0.717, 1.165) is 18.9 Å². The van der Waals surface area contributed by atoms with Crippen molar-refractivity contribution in [2.75, 3.05) is 6.61 Å². The molecule has 1 aliphatic heterocycles. The maximum absolute atomic E-state index is 13.8. The molecule has 1 atom stereocenters. The highest BCUT2D eigenvalue weighted by Crippen LogP contribution is 2.30. The lowest BCUT2D eigenvalue weighted by Gasteiger charge is -2.24. The van der Waals surface area contributed by atoms with E-state index in [9.17, 15) is 8.78 Å². The highest BCUT2D eigenvalue weighted by atomic mass is 35.5. The summed E-state index contributed by atoms with van der Waals surface area (Å²) in [6.45, 7) is 3.20. The monoisotopic (exact) mass is 300 g/mol. The van der Waals surface area contributed by atoms with Crippen LogP contribution >= 0.6 is 11.6 Å². The first-order chi connectivity index (χ1) is 9.52. The Morgan fingerprint density at radius 3 is 2.90 bits per heavy atom. The lowest BCUT2D eigenvalue weighted by molar-refractivity contribution is 0.00660. The third-order valence-corrected chi connectivity index (χ3v) is 4.00. The molecule has 2 aromatic rings. The van der Waals surface area contributed by atoms with E-state index in [1.807, 2.05) is 6.92 Å². The van der Waals surface area contributed by atoms with Gasteiger partial charge in [0, 0.05) is 12.7 Å². The van der Waals surface area contributed by atoms with Gasteiger partial charge in [-0.05, 0) is 25.8 Å². The Balaban J connectivity index is 2.12. The highest BCUT2D eigenvalue weighted by molar-refractivity contribution is 6.16. The number of alkyl halides is 1. The molecule has 6 heteroatoms. The van der Waals surface area contributed by atoms with Crippen LogP contribution in [0.15, 0.2) is 12.1 Å². The molecule has 0 amide bonds. The number of hydrogen-bond acceptors (Lipinski definition) is 2. The molecule has 1 saturated heterocycles. The molecule has 20 heavy (non-hydrogen) atoms. The van der Waals surface area contributed by atoms with E-state index in [1.54, 1.807) is 4.57 Å². The van der Waals surface area contributed by atoms with Crippen molar-refractivity contribution < 1.29 is 13.5 Å². The van der Waals surface area contributed by atoms with Gasteiger partial charge in [0.15, 0.2) is 5.82 Å². The molecule has 1 aromatic heterocycles. The Hall–Kier alpha value is -1.20. The van der Waals surface area contributed by atoms with E-state index < -0.39 is 11.6 Å². The number of nitrogens with zero attached hydrogens (tertiary/aromatic N) is 2. The van der Waals surface area contributed by atoms with Gasteiger partial charge in [-0.3, -0.25) is 0 Å². The van der Waals surface area contributed by atoms with Crippen LogP contribution in [0.25, 0.3) is 11.0 Å². The summed E-state index contributed by atoms with van der Waals surface area (Å²) in [6, 6.07) is 2.13. The lowest BCUT2D eigenvalue weighted by atomic mass is 10.0. The maximum Gasteiger partial charge on any atom is 0.153 e. The normalized spacial score (nSPS) is 22.8. The zero-order valence-electron chi connectivity index (χ0n) is 11.1. The summed E-state index contributed by atoms with van der Waals surface area (Å²) in [6.07, 6.45) is 1.90. The standard InChI is InChI=1S/C14H15ClF2N2O/c1-14(3-2-4-20-14)8-19-11-6-9(16)5-10(17)13(11)18-12(19)7-15/h5-6H,2-4,7-8H2,1H3. The van der Waals surface area contributed by atoms with Gasteiger partial charge in [-0.15, -0.1) is 11.6 Å². The SMILES string of the molecule is CC1(Cn2c(CCl)nc3c(F)cc(F)cc32)CCCO1. The first-order valence-electron chi connectivity index (χ1n) is 6.56. The molecule has 2 heterocycles. The van der Waals surface area contributed by atoms with Gasteiger partial charge < -0.3 is 9.30 Å². The van der Waals surface area contributed by atoms with E-state index in [1.165, 1.54) is 6.07 Å². The van der Waals surface area contributed by atoms with Gasteiger partial charge in [-0.1, -0.05) is 0 Å². The molecule has 0 radical (unpaired) electrons. The van der Waals surface area contributed by atoms with Crippen molar-refractivity contribution >= 4 is 22.6 Å². The number of aromatic nitrogens is 2. The van der Waals surface area contributed by atoms with Gasteiger partial charge in [0.05, 0.1) is 23.5 Å². The number of rotatable bonds is 3. The Kier molecular flexibility index (Phi) is 3.42. The highest BCUT2D eigenvalue weighted by Gasteiger charge is 2.32. The van der Waals surface area contributed by atoms with E-state index >= 15 is 0 Å². The number of ether oxygens (including phenoxy) is 1. The first kappa shape index (κ1) is 13.8. The smallest absolute Gasteiger partial charge is 0.153 e. The topological polar surface area (TPSA) is 27.1 Å². The van der Waals surface area contributed by atoms with Gasteiger partial charge in [-0.25, -0.2) is 13.8 Å². The number of hydrogen-bond donors (Lipinski definition) is 0. The molecular weight excluding hydrogens is 286 g/mol. The second-order valence-corrected chi connectivity index (χ2v) is 5.67. The van der Waals surface area contributed by atoms with Crippen LogP contribution in [0.4, 0.5) is 8.78 Å². The number of benzene rings is 1. The van der Waals surface area contributed by atoms with Crippen LogP contribution in [0, 0.1) is 11.6 Å². The van der Waals surface area contributed by atoms with Crippen LogP contribution in [0.1, 0.15) is 25.6 Å². The molecule has 1 unspecified atom stereocenters. The zero-order valence-corrected chi connectivity index (χ0v) is 11.9. The maximum atomic E-state index is 13.8. The summed E-state index contributed by atoms with van der Waals surface area (Å²) in [5, 5.41) is 0. The predicted molar refractivity (Wildman–Crippen MR) is 72.8 cm³/mol. The van der Waals surface area contributed by atoms with Crippen LogP contribution in [0.3, 0.4) is 0 Å². The van der Waals surface area contributed by atoms with Crippen molar-refractivity contribution in [3.05, 3.63) is 29.6 Å². The number of fused-ring (bicyclic) bond motifs is 1. The minimum absolute atomic E-state index is 0.145. The minimum atomic E-state index is -0.664. The van der Waals surface area contributed by atoms with Crippen molar-refractivity contribution in [2.24, 2.45) is 0 Å². The largest absolute Gasteiger partial charge is 0.373 e. The van der Waals surface area contributed by atoms with E-state index in [-0.39, 0.29) is 17.0 Å². The first-order valence-corrected chi connectivity index (χ1v) is 7.10. The Morgan fingerprint density at radius 2 is 2.25 bits per heavy atom. The van der Waals surface area contributed by atoms with Crippen molar-refractivity contribution in [3.63, 3.8) is 0 Å². The van der Waals surface area contributed by atoms with Crippen LogP contribution in [0.2, 0.25) is 0 Å². The molecule has 0 spiro atoms. The van der Waals surface area contributed by atoms with Crippen molar-refractivity contribution in [3.8, 4) is 0 Å². The summed E-state index contributed by atoms with van der Waals surface area (Å²) >= 11 is 5.89. The molecule has 3 nitrogen and oxygen atoms in total. The van der Waals surface area contributed by atoms with E-state index in [0.29, 0.717) is 24.5 Å². The summed E-state index contributed by atoms with van der Waals surface area (Å²) in [5.74, 6) is -0.605. The fourth-order valence-electron chi connectivity index (χ4n) is 2.77. The van der Waals surface area contributed by atoms with Gasteiger partial charge >= 0.3 is 0 Å². The third kappa shape index (κ3) is 2.29. The number of imidazole rings is 1. The summed E-state index contributed by atoms with van der Waals surface area (Å²) in [4.78, 5) is 4.18. The average molecular weight is 301 g/mol. The molecule has 1 aromatic carbocycles. The molecular formula is C14H15ClF2N2O. The number of halogens is 3. The lowest BCUT2D eigenvalue weighted by Crippen LogP contribution is -2.30. The molecule has 0 bridgehead atoms. The Morgan fingerprint density at radius 1 is 1.45 bits per heavy atom. The van der Waals surface area contributed by atoms with E-state index in [2.05, 4.69) is 4.98 Å².